The first-order valence-corrected chi connectivity index (χ1v) is 9.15. The van der Waals surface area contributed by atoms with E-state index in [2.05, 4.69) is 15.5 Å². The second kappa shape index (κ2) is 8.29. The maximum absolute atomic E-state index is 12.9. The average molecular weight is 447 g/mol. The number of nitrogens with one attached hydrogen (secondary N) is 1. The molecule has 2 aromatic heterocycles. The Morgan fingerprint density at radius 2 is 1.90 bits per heavy atom. The summed E-state index contributed by atoms with van der Waals surface area (Å²) in [6.07, 6.45) is -4.05. The van der Waals surface area contributed by atoms with Crippen molar-refractivity contribution in [2.24, 2.45) is 0 Å². The molecule has 1 amide bonds. The molecule has 0 radical (unpaired) electrons. The summed E-state index contributed by atoms with van der Waals surface area (Å²) in [6, 6.07) is 6.07. The second-order valence-electron chi connectivity index (χ2n) is 5.82. The molecule has 0 aliphatic carbocycles. The van der Waals surface area contributed by atoms with Crippen molar-refractivity contribution in [3.8, 4) is 0 Å². The molecule has 12 heteroatoms. The Labute approximate surface area is 169 Å². The molecule has 2 heterocycles. The van der Waals surface area contributed by atoms with Crippen molar-refractivity contribution in [3.05, 3.63) is 78.9 Å². The molecule has 0 bridgehead atoms. The lowest BCUT2D eigenvalue weighted by Gasteiger charge is -2.10. The van der Waals surface area contributed by atoms with E-state index in [1.807, 2.05) is 0 Å². The van der Waals surface area contributed by atoms with Crippen LogP contribution in [0.1, 0.15) is 25.9 Å². The van der Waals surface area contributed by atoms with Crippen LogP contribution >= 0.6 is 22.9 Å². The highest BCUT2D eigenvalue weighted by Crippen LogP contribution is 2.29. The van der Waals surface area contributed by atoms with Crippen LogP contribution in [0.15, 0.2) is 41.3 Å². The molecular weight excluding hydrogens is 436 g/mol. The van der Waals surface area contributed by atoms with E-state index in [-0.39, 0.29) is 23.1 Å². The molecule has 0 saturated carbocycles. The number of benzene rings is 1. The molecule has 3 rings (SSSR count). The number of halogens is 5. The van der Waals surface area contributed by atoms with Gasteiger partial charge in [-0.2, -0.15) is 13.2 Å². The molecule has 0 atom stereocenters. The molecule has 0 aliphatic rings. The van der Waals surface area contributed by atoms with Gasteiger partial charge in [0.15, 0.2) is 0 Å². The fourth-order valence-corrected chi connectivity index (χ4v) is 3.27. The average Bonchev–Trinajstić information content (AvgIpc) is 3.12. The zero-order valence-corrected chi connectivity index (χ0v) is 15.9. The Balaban J connectivity index is 1.72. The summed E-state index contributed by atoms with van der Waals surface area (Å²) in [6.45, 7) is -0.206. The normalized spacial score (nSPS) is 11.5. The Hall–Kier alpha value is -2.79. The SMILES string of the molecule is O=C(NCc1ccc(F)cc1)c1nnc(Cn2cc(C(F)(F)F)cc(Cl)c2=O)s1. The summed E-state index contributed by atoms with van der Waals surface area (Å²) in [5.41, 5.74) is -1.24. The maximum atomic E-state index is 12.9. The molecule has 0 spiro atoms. The van der Waals surface area contributed by atoms with Gasteiger partial charge in [-0.1, -0.05) is 35.1 Å². The molecule has 29 heavy (non-hydrogen) atoms. The first-order chi connectivity index (χ1) is 13.6. The van der Waals surface area contributed by atoms with Gasteiger partial charge >= 0.3 is 6.18 Å². The van der Waals surface area contributed by atoms with E-state index in [1.54, 1.807) is 0 Å². The van der Waals surface area contributed by atoms with Crippen LogP contribution in [0, 0.1) is 5.82 Å². The van der Waals surface area contributed by atoms with Crippen molar-refractivity contribution in [2.45, 2.75) is 19.3 Å². The van der Waals surface area contributed by atoms with Gasteiger partial charge in [-0.15, -0.1) is 10.2 Å². The number of amides is 1. The van der Waals surface area contributed by atoms with Crippen LogP contribution in [0.25, 0.3) is 0 Å². The first kappa shape index (κ1) is 20.9. The summed E-state index contributed by atoms with van der Waals surface area (Å²) >= 11 is 6.43. The number of hydrogen-bond donors (Lipinski definition) is 1. The van der Waals surface area contributed by atoms with Crippen LogP contribution in [-0.2, 0) is 19.3 Å². The molecule has 1 N–H and O–H groups in total. The quantitative estimate of drug-likeness (QED) is 0.609. The van der Waals surface area contributed by atoms with Crippen molar-refractivity contribution in [1.82, 2.24) is 20.1 Å². The third-order valence-corrected chi connectivity index (χ3v) is 4.88. The number of alkyl halides is 3. The lowest BCUT2D eigenvalue weighted by Crippen LogP contribution is -2.23. The van der Waals surface area contributed by atoms with Crippen LogP contribution < -0.4 is 10.9 Å². The van der Waals surface area contributed by atoms with Gasteiger partial charge in [-0.05, 0) is 23.8 Å². The number of nitrogens with zero attached hydrogens (tertiary/aromatic N) is 3. The predicted octanol–water partition coefficient (Wildman–Crippen LogP) is 3.49. The van der Waals surface area contributed by atoms with Crippen molar-refractivity contribution in [2.75, 3.05) is 0 Å². The largest absolute Gasteiger partial charge is 0.417 e. The Morgan fingerprint density at radius 1 is 1.21 bits per heavy atom. The van der Waals surface area contributed by atoms with Gasteiger partial charge in [-0.3, -0.25) is 9.59 Å². The molecule has 0 fully saturated rings. The van der Waals surface area contributed by atoms with E-state index >= 15 is 0 Å². The highest BCUT2D eigenvalue weighted by Gasteiger charge is 2.32. The summed E-state index contributed by atoms with van der Waals surface area (Å²) in [7, 11) is 0. The van der Waals surface area contributed by atoms with Crippen LogP contribution in [-0.4, -0.2) is 20.7 Å². The minimum absolute atomic E-state index is 0.0340. The second-order valence-corrected chi connectivity index (χ2v) is 7.29. The van der Waals surface area contributed by atoms with E-state index in [4.69, 9.17) is 11.6 Å². The third kappa shape index (κ3) is 5.18. The van der Waals surface area contributed by atoms with Gasteiger partial charge in [0.25, 0.3) is 11.5 Å². The highest BCUT2D eigenvalue weighted by molar-refractivity contribution is 7.13. The minimum Gasteiger partial charge on any atom is -0.346 e. The number of rotatable bonds is 5. The monoisotopic (exact) mass is 446 g/mol. The number of hydrogen-bond acceptors (Lipinski definition) is 5. The van der Waals surface area contributed by atoms with Gasteiger partial charge in [0.1, 0.15) is 15.8 Å². The topological polar surface area (TPSA) is 76.9 Å². The molecule has 0 saturated heterocycles. The Kier molecular flexibility index (Phi) is 5.99. The minimum atomic E-state index is -4.67. The standard InChI is InChI=1S/C17H11ClF4N4O2S/c18-12-5-10(17(20,21)22)7-26(16(12)28)8-13-24-25-15(29-13)14(27)23-6-9-1-3-11(19)4-2-9/h1-5,7H,6,8H2,(H,23,27). The smallest absolute Gasteiger partial charge is 0.346 e. The molecule has 3 aromatic rings. The Morgan fingerprint density at radius 3 is 2.55 bits per heavy atom. The van der Waals surface area contributed by atoms with Gasteiger partial charge in [0, 0.05) is 12.7 Å². The first-order valence-electron chi connectivity index (χ1n) is 7.95. The van der Waals surface area contributed by atoms with Crippen molar-refractivity contribution >= 4 is 28.8 Å². The zero-order chi connectivity index (χ0) is 21.2. The highest BCUT2D eigenvalue weighted by atomic mass is 35.5. The van der Waals surface area contributed by atoms with Crippen LogP contribution in [0.2, 0.25) is 5.02 Å². The molecule has 152 valence electrons. The van der Waals surface area contributed by atoms with E-state index in [9.17, 15) is 27.2 Å². The van der Waals surface area contributed by atoms with Gasteiger partial charge in [0.05, 0.1) is 12.1 Å². The van der Waals surface area contributed by atoms with Gasteiger partial charge < -0.3 is 9.88 Å². The summed E-state index contributed by atoms with van der Waals surface area (Å²) in [4.78, 5) is 24.1. The third-order valence-electron chi connectivity index (χ3n) is 3.70. The summed E-state index contributed by atoms with van der Waals surface area (Å²) in [5.74, 6) is -0.966. The summed E-state index contributed by atoms with van der Waals surface area (Å²) < 4.78 is 52.3. The summed E-state index contributed by atoms with van der Waals surface area (Å²) in [5, 5.41) is 9.52. The maximum Gasteiger partial charge on any atom is 0.417 e. The van der Waals surface area contributed by atoms with Crippen LogP contribution in [0.5, 0.6) is 0 Å². The van der Waals surface area contributed by atoms with E-state index < -0.39 is 34.0 Å². The van der Waals surface area contributed by atoms with Crippen molar-refractivity contribution < 1.29 is 22.4 Å². The number of pyridine rings is 1. The van der Waals surface area contributed by atoms with Crippen molar-refractivity contribution in [1.29, 1.82) is 0 Å². The van der Waals surface area contributed by atoms with Crippen molar-refractivity contribution in [3.63, 3.8) is 0 Å². The van der Waals surface area contributed by atoms with Gasteiger partial charge in [-0.25, -0.2) is 4.39 Å². The zero-order valence-electron chi connectivity index (χ0n) is 14.3. The fourth-order valence-electron chi connectivity index (χ4n) is 2.29. The predicted molar refractivity (Wildman–Crippen MR) is 97.3 cm³/mol. The van der Waals surface area contributed by atoms with Gasteiger partial charge in [0.2, 0.25) is 5.01 Å². The molecule has 6 nitrogen and oxygen atoms in total. The molecule has 0 aliphatic heterocycles. The Bertz CT molecular complexity index is 1100. The van der Waals surface area contributed by atoms with E-state index in [0.717, 1.165) is 15.9 Å². The fraction of sp³-hybridized carbons (Fsp3) is 0.176. The van der Waals surface area contributed by atoms with Crippen LogP contribution in [0.4, 0.5) is 17.6 Å². The number of aromatic nitrogens is 3. The molecule has 0 unspecified atom stereocenters. The van der Waals surface area contributed by atoms with Crippen LogP contribution in [0.3, 0.4) is 0 Å². The molecular formula is C17H11ClF4N4O2S. The number of carbonyl (C=O) groups is 1. The lowest BCUT2D eigenvalue weighted by molar-refractivity contribution is -0.138. The molecule has 1 aromatic carbocycles. The lowest BCUT2D eigenvalue weighted by atomic mass is 10.2. The van der Waals surface area contributed by atoms with E-state index in [0.29, 0.717) is 17.8 Å². The number of carbonyl (C=O) groups excluding carboxylic acids is 1. The van der Waals surface area contributed by atoms with E-state index in [1.165, 1.54) is 24.3 Å².